The highest BCUT2D eigenvalue weighted by molar-refractivity contribution is 6.03. The van der Waals surface area contributed by atoms with Crippen LogP contribution in [0.25, 0.3) is 0 Å². The maximum Gasteiger partial charge on any atom is 0.124 e. The second-order valence-corrected chi connectivity index (χ2v) is 8.38. The molecule has 0 bridgehead atoms. The van der Waals surface area contributed by atoms with Gasteiger partial charge in [-0.15, -0.1) is 0 Å². The molecule has 5 nitrogen and oxygen atoms in total. The van der Waals surface area contributed by atoms with E-state index in [2.05, 4.69) is 36.2 Å². The number of para-hydroxylation sites is 2. The fraction of sp³-hybridized carbons (Fsp3) is 0.458. The number of benzene rings is 2. The van der Waals surface area contributed by atoms with Gasteiger partial charge in [0.2, 0.25) is 0 Å². The first kappa shape index (κ1) is 19.9. The molecule has 1 saturated heterocycles. The van der Waals surface area contributed by atoms with Gasteiger partial charge in [-0.25, -0.2) is 0 Å². The zero-order chi connectivity index (χ0) is 20.4. The third kappa shape index (κ3) is 4.02. The molecule has 2 aromatic rings. The monoisotopic (exact) mass is 393 g/mol. The third-order valence-electron chi connectivity index (χ3n) is 6.27. The van der Waals surface area contributed by atoms with E-state index in [-0.39, 0.29) is 11.7 Å². The number of rotatable bonds is 4. The number of hydrogen-bond donors (Lipinski definition) is 2. The molecule has 0 unspecified atom stereocenters. The molecule has 0 aromatic heterocycles. The van der Waals surface area contributed by atoms with E-state index in [1.807, 2.05) is 30.3 Å². The number of phenolic OH excluding ortho intramolecular Hbond substituents is 1. The van der Waals surface area contributed by atoms with Crippen molar-refractivity contribution in [3.05, 3.63) is 59.7 Å². The number of aliphatic imine (C=N–C) groups is 1. The number of ether oxygens (including phenoxy) is 1. The molecule has 154 valence electrons. The van der Waals surface area contributed by atoms with Crippen LogP contribution in [0.3, 0.4) is 0 Å². The van der Waals surface area contributed by atoms with Crippen LogP contribution in [-0.4, -0.2) is 47.6 Å². The molecule has 2 N–H and O–H groups in total. The Morgan fingerprint density at radius 2 is 1.79 bits per heavy atom. The molecule has 0 saturated carbocycles. The number of methoxy groups -OCH3 is 1. The summed E-state index contributed by atoms with van der Waals surface area (Å²) in [7, 11) is 1.72. The minimum absolute atomic E-state index is 0.0869. The minimum Gasteiger partial charge on any atom is -0.507 e. The largest absolute Gasteiger partial charge is 0.507 e. The van der Waals surface area contributed by atoms with E-state index in [0.29, 0.717) is 18.2 Å². The van der Waals surface area contributed by atoms with Gasteiger partial charge < -0.3 is 14.7 Å². The Morgan fingerprint density at radius 3 is 2.48 bits per heavy atom. The van der Waals surface area contributed by atoms with Crippen LogP contribution in [-0.2, 0) is 0 Å². The summed E-state index contributed by atoms with van der Waals surface area (Å²) in [6.45, 7) is 6.53. The average Bonchev–Trinajstić information content (AvgIpc) is 2.74. The molecule has 1 spiro atoms. The highest BCUT2D eigenvalue weighted by atomic mass is 16.5. The third-order valence-corrected chi connectivity index (χ3v) is 6.27. The summed E-state index contributed by atoms with van der Waals surface area (Å²) in [4.78, 5) is 7.72. The second kappa shape index (κ2) is 8.17. The summed E-state index contributed by atoms with van der Waals surface area (Å²) in [5, 5.41) is 14.4. The number of nitrogens with zero attached hydrogens (tertiary/aromatic N) is 2. The summed E-state index contributed by atoms with van der Waals surface area (Å²) < 4.78 is 5.65. The van der Waals surface area contributed by atoms with E-state index < -0.39 is 0 Å². The fourth-order valence-corrected chi connectivity index (χ4v) is 4.60. The molecule has 5 heteroatoms. The summed E-state index contributed by atoms with van der Waals surface area (Å²) in [5.41, 5.74) is 2.63. The van der Waals surface area contributed by atoms with Gasteiger partial charge >= 0.3 is 0 Å². The number of aromatic hydroxyl groups is 1. The number of phenols is 1. The van der Waals surface area contributed by atoms with E-state index in [9.17, 15) is 5.11 Å². The Labute approximate surface area is 173 Å². The van der Waals surface area contributed by atoms with E-state index in [4.69, 9.17) is 9.73 Å². The van der Waals surface area contributed by atoms with Gasteiger partial charge in [0.15, 0.2) is 0 Å². The van der Waals surface area contributed by atoms with Gasteiger partial charge in [0.05, 0.1) is 7.11 Å². The van der Waals surface area contributed by atoms with Crippen LogP contribution in [0.2, 0.25) is 0 Å². The SMILES string of the molecule is COc1ccccc1[C@H]1CC(c2ccccc2O)=NC2(CCN(C(C)C)CC2)N1. The van der Waals surface area contributed by atoms with Crippen LogP contribution < -0.4 is 10.1 Å². The number of hydrogen-bond acceptors (Lipinski definition) is 5. The van der Waals surface area contributed by atoms with Crippen molar-refractivity contribution in [1.29, 1.82) is 0 Å². The minimum atomic E-state index is -0.313. The molecular weight excluding hydrogens is 362 g/mol. The Bertz CT molecular complexity index is 885. The van der Waals surface area contributed by atoms with Crippen LogP contribution in [0.4, 0.5) is 0 Å². The first-order chi connectivity index (χ1) is 14.0. The standard InChI is InChI=1S/C24H31N3O2/c1-17(2)27-14-12-24(13-15-27)25-20(18-8-4-6-10-22(18)28)16-21(26-24)19-9-5-7-11-23(19)29-3/h4-11,17,21,26,28H,12-16H2,1-3H3/t21-/m1/s1. The van der Waals surface area contributed by atoms with Crippen molar-refractivity contribution < 1.29 is 9.84 Å². The summed E-state index contributed by atoms with van der Waals surface area (Å²) in [6.07, 6.45) is 2.62. The van der Waals surface area contributed by atoms with Gasteiger partial charge in [-0.1, -0.05) is 30.3 Å². The molecule has 2 aromatic carbocycles. The van der Waals surface area contributed by atoms with Gasteiger partial charge in [0, 0.05) is 48.4 Å². The lowest BCUT2D eigenvalue weighted by Gasteiger charge is -2.46. The number of piperidine rings is 1. The molecular formula is C24H31N3O2. The lowest BCUT2D eigenvalue weighted by molar-refractivity contribution is 0.103. The van der Waals surface area contributed by atoms with Crippen molar-refractivity contribution in [2.24, 2.45) is 4.99 Å². The first-order valence-electron chi connectivity index (χ1n) is 10.5. The smallest absolute Gasteiger partial charge is 0.124 e. The molecule has 4 rings (SSSR count). The van der Waals surface area contributed by atoms with Gasteiger partial charge in [-0.2, -0.15) is 0 Å². The summed E-state index contributed by atoms with van der Waals surface area (Å²) in [5.74, 6) is 1.18. The Morgan fingerprint density at radius 1 is 1.10 bits per heavy atom. The Hall–Kier alpha value is -2.37. The van der Waals surface area contributed by atoms with E-state index in [1.54, 1.807) is 13.2 Å². The second-order valence-electron chi connectivity index (χ2n) is 8.38. The normalized spacial score (nSPS) is 21.9. The van der Waals surface area contributed by atoms with Gasteiger partial charge in [0.25, 0.3) is 0 Å². The quantitative estimate of drug-likeness (QED) is 0.820. The highest BCUT2D eigenvalue weighted by Gasteiger charge is 2.41. The highest BCUT2D eigenvalue weighted by Crippen LogP contribution is 2.38. The van der Waals surface area contributed by atoms with E-state index in [1.165, 1.54) is 0 Å². The zero-order valence-corrected chi connectivity index (χ0v) is 17.6. The molecule has 2 heterocycles. The average molecular weight is 394 g/mol. The molecule has 0 aliphatic carbocycles. The fourth-order valence-electron chi connectivity index (χ4n) is 4.60. The lowest BCUT2D eigenvalue weighted by atomic mass is 9.87. The van der Waals surface area contributed by atoms with Gasteiger partial charge in [0.1, 0.15) is 17.2 Å². The topological polar surface area (TPSA) is 57.1 Å². The lowest BCUT2D eigenvalue weighted by Crippen LogP contribution is -2.56. The first-order valence-corrected chi connectivity index (χ1v) is 10.5. The molecule has 29 heavy (non-hydrogen) atoms. The van der Waals surface area contributed by atoms with Crippen LogP contribution in [0.1, 0.15) is 50.3 Å². The van der Waals surface area contributed by atoms with Crippen LogP contribution in [0, 0.1) is 0 Å². The predicted octanol–water partition coefficient (Wildman–Crippen LogP) is 4.13. The summed E-state index contributed by atoms with van der Waals surface area (Å²) >= 11 is 0. The van der Waals surface area contributed by atoms with Crippen LogP contribution in [0.5, 0.6) is 11.5 Å². The van der Waals surface area contributed by atoms with Crippen LogP contribution in [0.15, 0.2) is 53.5 Å². The van der Waals surface area contributed by atoms with E-state index in [0.717, 1.165) is 48.5 Å². The Balaban J connectivity index is 1.72. The van der Waals surface area contributed by atoms with Crippen molar-refractivity contribution in [1.82, 2.24) is 10.2 Å². The van der Waals surface area contributed by atoms with Crippen molar-refractivity contribution in [3.63, 3.8) is 0 Å². The number of nitrogens with one attached hydrogen (secondary N) is 1. The maximum atomic E-state index is 10.5. The zero-order valence-electron chi connectivity index (χ0n) is 17.6. The molecule has 0 amide bonds. The van der Waals surface area contributed by atoms with Gasteiger partial charge in [-0.05, 0) is 44.9 Å². The summed E-state index contributed by atoms with van der Waals surface area (Å²) in [6, 6.07) is 16.4. The van der Waals surface area contributed by atoms with Crippen molar-refractivity contribution in [2.75, 3.05) is 20.2 Å². The Kier molecular flexibility index (Phi) is 5.61. The number of likely N-dealkylation sites (tertiary alicyclic amines) is 1. The maximum absolute atomic E-state index is 10.5. The van der Waals surface area contributed by atoms with E-state index >= 15 is 0 Å². The molecule has 0 radical (unpaired) electrons. The van der Waals surface area contributed by atoms with Crippen molar-refractivity contribution in [3.8, 4) is 11.5 Å². The molecule has 1 atom stereocenters. The predicted molar refractivity (Wildman–Crippen MR) is 117 cm³/mol. The molecule has 2 aliphatic heterocycles. The molecule has 1 fully saturated rings. The molecule has 2 aliphatic rings. The van der Waals surface area contributed by atoms with Crippen molar-refractivity contribution >= 4 is 5.71 Å². The van der Waals surface area contributed by atoms with Gasteiger partial charge in [-0.3, -0.25) is 10.3 Å². The van der Waals surface area contributed by atoms with Crippen LogP contribution >= 0.6 is 0 Å². The van der Waals surface area contributed by atoms with Crippen molar-refractivity contribution in [2.45, 2.75) is 50.9 Å².